The molecule has 0 saturated carbocycles. The van der Waals surface area contributed by atoms with E-state index >= 15 is 0 Å². The number of aromatic nitrogens is 3. The zero-order valence-electron chi connectivity index (χ0n) is 12.0. The Bertz CT molecular complexity index is 668. The van der Waals surface area contributed by atoms with E-state index in [1.54, 1.807) is 24.3 Å². The number of hydrogen-bond donors (Lipinski definition) is 2. The minimum Gasteiger partial charge on any atom is -0.494 e. The summed E-state index contributed by atoms with van der Waals surface area (Å²) in [5, 5.41) is 18.8. The molecule has 2 N–H and O–H groups in total. The fourth-order valence-electron chi connectivity index (χ4n) is 1.80. The monoisotopic (exact) mass is 304 g/mol. The van der Waals surface area contributed by atoms with E-state index in [1.807, 2.05) is 6.92 Å². The lowest BCUT2D eigenvalue weighted by Crippen LogP contribution is -2.23. The van der Waals surface area contributed by atoms with Crippen LogP contribution >= 0.6 is 0 Å². The number of benzene rings is 1. The van der Waals surface area contributed by atoms with E-state index in [2.05, 4.69) is 15.6 Å². The van der Waals surface area contributed by atoms with E-state index in [0.717, 1.165) is 0 Å². The number of rotatable bonds is 7. The molecule has 0 spiro atoms. The highest BCUT2D eigenvalue weighted by Gasteiger charge is 2.09. The maximum atomic E-state index is 12.0. The third-order valence-electron chi connectivity index (χ3n) is 2.72. The van der Waals surface area contributed by atoms with Crippen molar-refractivity contribution >= 4 is 11.9 Å². The third kappa shape index (κ3) is 4.30. The lowest BCUT2D eigenvalue weighted by molar-refractivity contribution is -0.137. The van der Waals surface area contributed by atoms with Gasteiger partial charge in [-0.05, 0) is 25.1 Å². The molecule has 0 saturated heterocycles. The molecule has 0 fully saturated rings. The summed E-state index contributed by atoms with van der Waals surface area (Å²) in [5.74, 6) is -0.648. The largest absolute Gasteiger partial charge is 0.494 e. The highest BCUT2D eigenvalue weighted by molar-refractivity contribution is 5.94. The first-order valence-electron chi connectivity index (χ1n) is 6.70. The van der Waals surface area contributed by atoms with E-state index in [9.17, 15) is 9.59 Å². The molecular weight excluding hydrogens is 288 g/mol. The molecule has 2 rings (SSSR count). The molecule has 0 unspecified atom stereocenters. The van der Waals surface area contributed by atoms with E-state index in [-0.39, 0.29) is 19.0 Å². The molecule has 0 atom stereocenters. The lowest BCUT2D eigenvalue weighted by Gasteiger charge is -2.06. The van der Waals surface area contributed by atoms with Crippen molar-refractivity contribution in [2.45, 2.75) is 20.0 Å². The Morgan fingerprint density at radius 2 is 2.23 bits per heavy atom. The van der Waals surface area contributed by atoms with Crippen molar-refractivity contribution in [2.24, 2.45) is 0 Å². The van der Waals surface area contributed by atoms with Gasteiger partial charge in [0.05, 0.1) is 19.3 Å². The zero-order chi connectivity index (χ0) is 15.9. The van der Waals surface area contributed by atoms with Crippen LogP contribution in [0.2, 0.25) is 0 Å². The van der Waals surface area contributed by atoms with E-state index < -0.39 is 5.97 Å². The molecule has 1 amide bonds. The minimum absolute atomic E-state index is 0.164. The van der Waals surface area contributed by atoms with Gasteiger partial charge in [0.1, 0.15) is 18.0 Å². The number of carbonyl (C=O) groups is 2. The van der Waals surface area contributed by atoms with Crippen LogP contribution in [0, 0.1) is 0 Å². The average molecular weight is 304 g/mol. The number of hydrogen-bond acceptors (Lipinski definition) is 5. The fraction of sp³-hybridized carbons (Fsp3) is 0.286. The van der Waals surface area contributed by atoms with Crippen molar-refractivity contribution in [3.8, 4) is 5.75 Å². The topological polar surface area (TPSA) is 106 Å². The van der Waals surface area contributed by atoms with Crippen molar-refractivity contribution in [3.63, 3.8) is 0 Å². The molecule has 0 bridgehead atoms. The highest BCUT2D eigenvalue weighted by Crippen LogP contribution is 2.13. The number of nitrogens with zero attached hydrogens (tertiary/aromatic N) is 3. The van der Waals surface area contributed by atoms with E-state index in [1.165, 1.54) is 10.9 Å². The molecule has 0 aliphatic carbocycles. The molecular formula is C14H16N4O4. The Kier molecular flexibility index (Phi) is 5.07. The van der Waals surface area contributed by atoms with Crippen LogP contribution in [0.5, 0.6) is 5.75 Å². The summed E-state index contributed by atoms with van der Waals surface area (Å²) in [5.41, 5.74) is 0.958. The van der Waals surface area contributed by atoms with Gasteiger partial charge in [-0.3, -0.25) is 9.59 Å². The normalized spacial score (nSPS) is 10.2. The lowest BCUT2D eigenvalue weighted by atomic mass is 10.2. The smallest absolute Gasteiger partial charge is 0.325 e. The highest BCUT2D eigenvalue weighted by atomic mass is 16.5. The molecule has 1 heterocycles. The molecule has 1 aromatic carbocycles. The number of amides is 1. The Labute approximate surface area is 126 Å². The van der Waals surface area contributed by atoms with Crippen LogP contribution in [-0.2, 0) is 17.9 Å². The molecule has 8 nitrogen and oxygen atoms in total. The van der Waals surface area contributed by atoms with Crippen LogP contribution in [0.1, 0.15) is 23.0 Å². The second kappa shape index (κ2) is 7.21. The number of aliphatic carboxylic acids is 1. The molecule has 116 valence electrons. The number of carbonyl (C=O) groups excluding carboxylic acids is 1. The Morgan fingerprint density at radius 1 is 1.41 bits per heavy atom. The molecule has 0 radical (unpaired) electrons. The summed E-state index contributed by atoms with van der Waals surface area (Å²) >= 11 is 0. The van der Waals surface area contributed by atoms with Crippen LogP contribution in [0.3, 0.4) is 0 Å². The number of nitrogens with one attached hydrogen (secondary N) is 1. The predicted octanol–water partition coefficient (Wildman–Crippen LogP) is 0.691. The Balaban J connectivity index is 1.93. The number of carboxylic acid groups (broad SMARTS) is 1. The summed E-state index contributed by atoms with van der Waals surface area (Å²) in [7, 11) is 0. The van der Waals surface area contributed by atoms with Crippen molar-refractivity contribution in [2.75, 3.05) is 6.61 Å². The molecule has 2 aromatic rings. The fourth-order valence-corrected chi connectivity index (χ4v) is 1.80. The van der Waals surface area contributed by atoms with Crippen molar-refractivity contribution in [1.29, 1.82) is 0 Å². The van der Waals surface area contributed by atoms with Crippen LogP contribution in [-0.4, -0.2) is 38.6 Å². The van der Waals surface area contributed by atoms with Gasteiger partial charge in [0, 0.05) is 5.56 Å². The summed E-state index contributed by atoms with van der Waals surface area (Å²) in [6.45, 7) is 2.29. The van der Waals surface area contributed by atoms with Gasteiger partial charge in [-0.15, -0.1) is 5.10 Å². The molecule has 0 aliphatic heterocycles. The van der Waals surface area contributed by atoms with E-state index in [0.29, 0.717) is 23.6 Å². The van der Waals surface area contributed by atoms with Crippen molar-refractivity contribution in [3.05, 3.63) is 41.7 Å². The van der Waals surface area contributed by atoms with Gasteiger partial charge in [-0.2, -0.15) is 0 Å². The van der Waals surface area contributed by atoms with Crippen molar-refractivity contribution < 1.29 is 19.4 Å². The van der Waals surface area contributed by atoms with Crippen LogP contribution in [0.4, 0.5) is 0 Å². The van der Waals surface area contributed by atoms with Gasteiger partial charge in [-0.1, -0.05) is 11.3 Å². The van der Waals surface area contributed by atoms with Crippen LogP contribution in [0.25, 0.3) is 0 Å². The SMILES string of the molecule is CCOc1cccc(C(=O)NCc2cn(CC(=O)O)nn2)c1. The number of carboxylic acids is 1. The Morgan fingerprint density at radius 3 is 2.95 bits per heavy atom. The van der Waals surface area contributed by atoms with E-state index in [4.69, 9.17) is 9.84 Å². The second-order valence-electron chi connectivity index (χ2n) is 4.44. The maximum absolute atomic E-state index is 12.0. The van der Waals surface area contributed by atoms with Gasteiger partial charge in [0.2, 0.25) is 0 Å². The van der Waals surface area contributed by atoms with Gasteiger partial charge >= 0.3 is 5.97 Å². The quantitative estimate of drug-likeness (QED) is 0.779. The maximum Gasteiger partial charge on any atom is 0.325 e. The Hall–Kier alpha value is -2.90. The molecule has 1 aromatic heterocycles. The van der Waals surface area contributed by atoms with Crippen LogP contribution in [0.15, 0.2) is 30.5 Å². The molecule has 0 aliphatic rings. The average Bonchev–Trinajstić information content (AvgIpc) is 2.92. The van der Waals surface area contributed by atoms with Gasteiger partial charge in [-0.25, -0.2) is 4.68 Å². The predicted molar refractivity (Wildman–Crippen MR) is 76.4 cm³/mol. The van der Waals surface area contributed by atoms with Gasteiger partial charge in [0.15, 0.2) is 0 Å². The third-order valence-corrected chi connectivity index (χ3v) is 2.72. The van der Waals surface area contributed by atoms with Crippen molar-refractivity contribution in [1.82, 2.24) is 20.3 Å². The van der Waals surface area contributed by atoms with Crippen LogP contribution < -0.4 is 10.1 Å². The first-order chi connectivity index (χ1) is 10.6. The molecule has 22 heavy (non-hydrogen) atoms. The standard InChI is InChI=1S/C14H16N4O4/c1-2-22-12-5-3-4-10(6-12)14(21)15-7-11-8-18(17-16-11)9-13(19)20/h3-6,8H,2,7,9H2,1H3,(H,15,21)(H,19,20). The summed E-state index contributed by atoms with van der Waals surface area (Å²) in [6, 6.07) is 6.85. The van der Waals surface area contributed by atoms with Gasteiger partial charge in [0.25, 0.3) is 5.91 Å². The summed E-state index contributed by atoms with van der Waals surface area (Å²) in [6.07, 6.45) is 1.48. The second-order valence-corrected chi connectivity index (χ2v) is 4.44. The van der Waals surface area contributed by atoms with Gasteiger partial charge < -0.3 is 15.2 Å². The zero-order valence-corrected chi connectivity index (χ0v) is 12.0. The molecule has 8 heteroatoms. The first kappa shape index (κ1) is 15.5. The minimum atomic E-state index is -1.01. The summed E-state index contributed by atoms with van der Waals surface area (Å²) < 4.78 is 6.53. The first-order valence-corrected chi connectivity index (χ1v) is 6.70. The summed E-state index contributed by atoms with van der Waals surface area (Å²) in [4.78, 5) is 22.6. The number of ether oxygens (including phenoxy) is 1.